The van der Waals surface area contributed by atoms with E-state index in [4.69, 9.17) is 15.0 Å². The molecule has 11 heteroatoms. The van der Waals surface area contributed by atoms with Crippen molar-refractivity contribution in [1.29, 1.82) is 0 Å². The molecule has 4 fully saturated rings. The van der Waals surface area contributed by atoms with Crippen LogP contribution in [0.5, 0.6) is 0 Å². The Hall–Kier alpha value is -3.02. The number of imidazole rings is 1. The molecule has 4 N–H and O–H groups in total. The topological polar surface area (TPSA) is 119 Å². The van der Waals surface area contributed by atoms with Gasteiger partial charge in [-0.15, -0.1) is 0 Å². The van der Waals surface area contributed by atoms with Crippen molar-refractivity contribution in [3.8, 4) is 0 Å². The number of aliphatic hydroxyl groups is 1. The van der Waals surface area contributed by atoms with Crippen LogP contribution in [0.2, 0.25) is 0 Å². The molecule has 2 aliphatic heterocycles. The summed E-state index contributed by atoms with van der Waals surface area (Å²) in [6.45, 7) is 5.69. The van der Waals surface area contributed by atoms with Crippen LogP contribution in [0.25, 0.3) is 11.2 Å². The van der Waals surface area contributed by atoms with Crippen LogP contribution in [0, 0.1) is 5.41 Å². The molecule has 2 unspecified atom stereocenters. The van der Waals surface area contributed by atoms with Crippen molar-refractivity contribution in [2.75, 3.05) is 49.4 Å². The number of anilines is 3. The Bertz CT molecular complexity index is 1270. The van der Waals surface area contributed by atoms with Gasteiger partial charge in [0, 0.05) is 50.2 Å². The Morgan fingerprint density at radius 1 is 1.00 bits per heavy atom. The normalized spacial score (nSPS) is 25.5. The van der Waals surface area contributed by atoms with E-state index in [1.54, 1.807) is 0 Å². The van der Waals surface area contributed by atoms with Crippen molar-refractivity contribution < 1.29 is 5.11 Å². The number of likely N-dealkylation sites (tertiary alicyclic amines) is 2. The highest BCUT2D eigenvalue weighted by Crippen LogP contribution is 2.39. The second-order valence-electron chi connectivity index (χ2n) is 12.1. The third-order valence-electron chi connectivity index (χ3n) is 8.74. The molecule has 0 amide bonds. The van der Waals surface area contributed by atoms with Gasteiger partial charge in [0.15, 0.2) is 17.0 Å². The highest BCUT2D eigenvalue weighted by Gasteiger charge is 2.50. The molecular formula is C27H38N10O. The van der Waals surface area contributed by atoms with Crippen LogP contribution in [0.15, 0.2) is 24.7 Å². The number of nitrogens with one attached hydrogen (secondary N) is 3. The van der Waals surface area contributed by atoms with Crippen molar-refractivity contribution >= 4 is 28.6 Å². The quantitative estimate of drug-likeness (QED) is 0.332. The molecule has 0 radical (unpaired) electrons. The van der Waals surface area contributed by atoms with E-state index in [0.29, 0.717) is 23.2 Å². The minimum Gasteiger partial charge on any atom is -0.393 e. The van der Waals surface area contributed by atoms with Crippen LogP contribution in [0.1, 0.15) is 56.7 Å². The first kappa shape index (κ1) is 24.1. The first-order valence-corrected chi connectivity index (χ1v) is 14.1. The van der Waals surface area contributed by atoms with Gasteiger partial charge in [-0.1, -0.05) is 12.8 Å². The van der Waals surface area contributed by atoms with Gasteiger partial charge in [0.1, 0.15) is 0 Å². The van der Waals surface area contributed by atoms with Gasteiger partial charge in [0.05, 0.1) is 30.0 Å². The van der Waals surface area contributed by atoms with E-state index in [2.05, 4.69) is 54.7 Å². The Kier molecular flexibility index (Phi) is 6.09. The first-order valence-electron chi connectivity index (χ1n) is 14.1. The lowest BCUT2D eigenvalue weighted by Gasteiger charge is -2.59. The number of aliphatic hydroxyl groups excluding tert-OH is 1. The van der Waals surface area contributed by atoms with Gasteiger partial charge in [-0.25, -0.2) is 4.98 Å². The summed E-state index contributed by atoms with van der Waals surface area (Å²) in [5.74, 6) is 1.20. The lowest BCUT2D eigenvalue weighted by atomic mass is 9.73. The fraction of sp³-hybridized carbons (Fsp3) is 0.630. The smallest absolute Gasteiger partial charge is 0.227 e. The SMILES string of the molecule is CN1CC2(C1)CN(Cc1ccc(NNc3nc(NC4CCC(O)C4)nc4c3ncn4C3CCCC3)cn1)C2. The zero-order valence-corrected chi connectivity index (χ0v) is 22.1. The number of rotatable bonds is 8. The molecule has 3 aromatic rings. The second-order valence-corrected chi connectivity index (χ2v) is 12.1. The molecule has 1 spiro atoms. The molecule has 5 heterocycles. The Labute approximate surface area is 223 Å². The number of fused-ring (bicyclic) bond motifs is 1. The fourth-order valence-electron chi connectivity index (χ4n) is 7.05. The number of nitrogens with zero attached hydrogens (tertiary/aromatic N) is 7. The van der Waals surface area contributed by atoms with Crippen LogP contribution in [0.3, 0.4) is 0 Å². The molecule has 2 atom stereocenters. The summed E-state index contributed by atoms with van der Waals surface area (Å²) < 4.78 is 2.21. The third-order valence-corrected chi connectivity index (χ3v) is 8.74. The summed E-state index contributed by atoms with van der Waals surface area (Å²) in [7, 11) is 2.20. The van der Waals surface area contributed by atoms with Gasteiger partial charge in [-0.05, 0) is 51.3 Å². The summed E-state index contributed by atoms with van der Waals surface area (Å²) in [6, 6.07) is 4.75. The molecule has 4 aliphatic rings. The van der Waals surface area contributed by atoms with Gasteiger partial charge in [-0.2, -0.15) is 9.97 Å². The predicted octanol–water partition coefficient (Wildman–Crippen LogP) is 2.85. The molecule has 2 saturated heterocycles. The Balaban J connectivity index is 1.04. The number of hydrogen-bond donors (Lipinski definition) is 4. The standard InChI is InChI=1S/C27H38N10O/c1-35-13-27(14-35)15-36(16-27)12-20-7-6-19(11-28-20)33-34-24-23-25(37(17-29-23)21-4-2-3-5-21)32-26(31-24)30-18-8-9-22(38)10-18/h6-7,11,17-18,21-22,33,38H,2-5,8-10,12-16H2,1H3,(H2,30,31,32,34). The number of pyridine rings is 1. The first-order chi connectivity index (χ1) is 18.5. The van der Waals surface area contributed by atoms with Crippen molar-refractivity contribution in [2.45, 2.75) is 69.7 Å². The highest BCUT2D eigenvalue weighted by atomic mass is 16.3. The van der Waals surface area contributed by atoms with Crippen molar-refractivity contribution in [3.63, 3.8) is 0 Å². The summed E-state index contributed by atoms with van der Waals surface area (Å²) in [4.78, 5) is 23.9. The average molecular weight is 519 g/mol. The average Bonchev–Trinajstić information content (AvgIpc) is 3.62. The summed E-state index contributed by atoms with van der Waals surface area (Å²) in [5.41, 5.74) is 10.6. The van der Waals surface area contributed by atoms with Crippen molar-refractivity contribution in [2.24, 2.45) is 5.41 Å². The van der Waals surface area contributed by atoms with E-state index in [-0.39, 0.29) is 12.1 Å². The molecule has 0 bridgehead atoms. The lowest BCUT2D eigenvalue weighted by Crippen LogP contribution is -2.70. The molecule has 202 valence electrons. The van der Waals surface area contributed by atoms with Crippen LogP contribution < -0.4 is 16.2 Å². The maximum absolute atomic E-state index is 9.97. The van der Waals surface area contributed by atoms with Gasteiger partial charge in [0.25, 0.3) is 0 Å². The minimum absolute atomic E-state index is 0.175. The lowest BCUT2D eigenvalue weighted by molar-refractivity contribution is -0.108. The minimum atomic E-state index is -0.253. The predicted molar refractivity (Wildman–Crippen MR) is 147 cm³/mol. The highest BCUT2D eigenvalue weighted by molar-refractivity contribution is 5.85. The third kappa shape index (κ3) is 4.67. The largest absolute Gasteiger partial charge is 0.393 e. The fourth-order valence-corrected chi connectivity index (χ4v) is 7.05. The molecule has 3 aromatic heterocycles. The van der Waals surface area contributed by atoms with Crippen molar-refractivity contribution in [3.05, 3.63) is 30.4 Å². The van der Waals surface area contributed by atoms with Gasteiger partial charge in [-0.3, -0.25) is 20.7 Å². The van der Waals surface area contributed by atoms with Crippen molar-refractivity contribution in [1.82, 2.24) is 34.3 Å². The number of hydrazine groups is 1. The summed E-state index contributed by atoms with van der Waals surface area (Å²) >= 11 is 0. The van der Waals surface area contributed by atoms with Crippen LogP contribution in [-0.2, 0) is 6.54 Å². The van der Waals surface area contributed by atoms with E-state index in [0.717, 1.165) is 61.2 Å². The summed E-state index contributed by atoms with van der Waals surface area (Å²) in [6.07, 6.45) is 10.8. The second kappa shape index (κ2) is 9.62. The zero-order chi connectivity index (χ0) is 25.7. The maximum Gasteiger partial charge on any atom is 0.227 e. The molecule has 7 rings (SSSR count). The van der Waals surface area contributed by atoms with Crippen LogP contribution >= 0.6 is 0 Å². The molecule has 2 aliphatic carbocycles. The van der Waals surface area contributed by atoms with E-state index in [9.17, 15) is 5.11 Å². The molecule has 0 aromatic carbocycles. The molecule has 11 nitrogen and oxygen atoms in total. The zero-order valence-electron chi connectivity index (χ0n) is 22.1. The van der Waals surface area contributed by atoms with E-state index < -0.39 is 0 Å². The number of hydrogen-bond acceptors (Lipinski definition) is 10. The molecular weight excluding hydrogens is 480 g/mol. The maximum atomic E-state index is 9.97. The van der Waals surface area contributed by atoms with Crippen LogP contribution in [0.4, 0.5) is 17.5 Å². The van der Waals surface area contributed by atoms with E-state index in [1.807, 2.05) is 12.5 Å². The Morgan fingerprint density at radius 3 is 2.55 bits per heavy atom. The monoisotopic (exact) mass is 518 g/mol. The van der Waals surface area contributed by atoms with Gasteiger partial charge < -0.3 is 19.9 Å². The van der Waals surface area contributed by atoms with E-state index >= 15 is 0 Å². The van der Waals surface area contributed by atoms with Gasteiger partial charge >= 0.3 is 0 Å². The summed E-state index contributed by atoms with van der Waals surface area (Å²) in [5, 5.41) is 13.4. The Morgan fingerprint density at radius 2 is 1.84 bits per heavy atom. The van der Waals surface area contributed by atoms with Gasteiger partial charge in [0.2, 0.25) is 5.95 Å². The molecule has 2 saturated carbocycles. The van der Waals surface area contributed by atoms with E-state index in [1.165, 1.54) is 39.0 Å². The molecule has 38 heavy (non-hydrogen) atoms. The van der Waals surface area contributed by atoms with Crippen LogP contribution in [-0.4, -0.2) is 84.8 Å². The number of aromatic nitrogens is 5.